The smallest absolute Gasteiger partial charge is 0.0385 e. The van der Waals surface area contributed by atoms with Crippen LogP contribution in [-0.4, -0.2) is 12.3 Å². The number of rotatable bonds is 7. The van der Waals surface area contributed by atoms with E-state index in [0.29, 0.717) is 0 Å². The first-order valence-corrected chi connectivity index (χ1v) is 5.31. The van der Waals surface area contributed by atoms with Crippen LogP contribution in [0.5, 0.6) is 0 Å². The van der Waals surface area contributed by atoms with Crippen LogP contribution in [-0.2, 0) is 0 Å². The highest BCUT2D eigenvalue weighted by atomic mass is 14.7. The molecule has 0 aromatic heterocycles. The average Bonchev–Trinajstić information content (AvgIpc) is 2.09. The van der Waals surface area contributed by atoms with E-state index in [9.17, 15) is 0 Å². The third kappa shape index (κ3) is 7.77. The maximum Gasteiger partial charge on any atom is 0.0385 e. The summed E-state index contributed by atoms with van der Waals surface area (Å²) in [7, 11) is 0. The van der Waals surface area contributed by atoms with Crippen LogP contribution in [0, 0.1) is 0 Å². The van der Waals surface area contributed by atoms with Crippen LogP contribution >= 0.6 is 0 Å². The molecule has 0 atom stereocenters. The summed E-state index contributed by atoms with van der Waals surface area (Å²) in [4.78, 5) is 4.46. The van der Waals surface area contributed by atoms with Gasteiger partial charge in [0.1, 0.15) is 0 Å². The third-order valence-corrected chi connectivity index (χ3v) is 2.00. The van der Waals surface area contributed by atoms with E-state index >= 15 is 0 Å². The van der Waals surface area contributed by atoms with E-state index in [4.69, 9.17) is 0 Å². The number of hydrogen-bond acceptors (Lipinski definition) is 1. The monoisotopic (exact) mass is 169 g/mol. The van der Waals surface area contributed by atoms with Crippen molar-refractivity contribution < 1.29 is 0 Å². The van der Waals surface area contributed by atoms with E-state index < -0.39 is 0 Å². The topological polar surface area (TPSA) is 12.4 Å². The Bertz CT molecular complexity index is 116. The zero-order chi connectivity index (χ0) is 9.23. The Balaban J connectivity index is 3.24. The van der Waals surface area contributed by atoms with Gasteiger partial charge in [-0.25, -0.2) is 0 Å². The summed E-state index contributed by atoms with van der Waals surface area (Å²) in [5.74, 6) is 0. The van der Waals surface area contributed by atoms with Gasteiger partial charge >= 0.3 is 0 Å². The Kier molecular flexibility index (Phi) is 8.52. The van der Waals surface area contributed by atoms with Crippen LogP contribution in [0.3, 0.4) is 0 Å². The normalized spacial score (nSPS) is 12.1. The molecule has 0 bridgehead atoms. The first kappa shape index (κ1) is 11.7. The largest absolute Gasteiger partial charge is 0.294 e. The number of unbranched alkanes of at least 4 members (excludes halogenated alkanes) is 3. The van der Waals surface area contributed by atoms with Gasteiger partial charge in [-0.2, -0.15) is 0 Å². The molecule has 0 unspecified atom stereocenters. The van der Waals surface area contributed by atoms with Crippen LogP contribution < -0.4 is 0 Å². The van der Waals surface area contributed by atoms with Crippen molar-refractivity contribution in [3.63, 3.8) is 0 Å². The van der Waals surface area contributed by atoms with Crippen LogP contribution in [0.2, 0.25) is 0 Å². The quantitative estimate of drug-likeness (QED) is 0.406. The van der Waals surface area contributed by atoms with Crippen molar-refractivity contribution in [2.75, 3.05) is 6.54 Å². The second-order valence-corrected chi connectivity index (χ2v) is 3.43. The van der Waals surface area contributed by atoms with Gasteiger partial charge in [-0.1, -0.05) is 33.1 Å². The van der Waals surface area contributed by atoms with Crippen molar-refractivity contribution >= 4 is 5.71 Å². The van der Waals surface area contributed by atoms with Crippen LogP contribution in [0.25, 0.3) is 0 Å². The molecule has 0 heterocycles. The Morgan fingerprint density at radius 1 is 1.00 bits per heavy atom. The van der Waals surface area contributed by atoms with Gasteiger partial charge in [0.05, 0.1) is 0 Å². The predicted molar refractivity (Wildman–Crippen MR) is 57.0 cm³/mol. The Hall–Kier alpha value is -0.330. The first-order chi connectivity index (χ1) is 5.81. The molecule has 0 aromatic rings. The summed E-state index contributed by atoms with van der Waals surface area (Å²) < 4.78 is 0. The lowest BCUT2D eigenvalue weighted by Crippen LogP contribution is -1.93. The van der Waals surface area contributed by atoms with Gasteiger partial charge < -0.3 is 0 Å². The molecule has 0 amide bonds. The summed E-state index contributed by atoms with van der Waals surface area (Å²) in [5.41, 5.74) is 1.34. The molecule has 0 saturated carbocycles. The maximum absolute atomic E-state index is 4.46. The zero-order valence-electron chi connectivity index (χ0n) is 8.90. The van der Waals surface area contributed by atoms with Gasteiger partial charge in [-0.3, -0.25) is 4.99 Å². The molecule has 0 saturated heterocycles. The molecular formula is C11H23N. The van der Waals surface area contributed by atoms with Crippen molar-refractivity contribution in [1.82, 2.24) is 0 Å². The third-order valence-electron chi connectivity index (χ3n) is 2.00. The fourth-order valence-electron chi connectivity index (χ4n) is 1.19. The van der Waals surface area contributed by atoms with Gasteiger partial charge in [-0.15, -0.1) is 0 Å². The zero-order valence-corrected chi connectivity index (χ0v) is 8.90. The van der Waals surface area contributed by atoms with Crippen LogP contribution in [0.15, 0.2) is 4.99 Å². The molecule has 0 aliphatic heterocycles. The summed E-state index contributed by atoms with van der Waals surface area (Å²) in [5, 5.41) is 0. The van der Waals surface area contributed by atoms with Crippen molar-refractivity contribution in [2.24, 2.45) is 4.99 Å². The van der Waals surface area contributed by atoms with Gasteiger partial charge in [0.25, 0.3) is 0 Å². The minimum atomic E-state index is 1.01. The molecule has 0 aliphatic carbocycles. The molecule has 0 rings (SSSR count). The second-order valence-electron chi connectivity index (χ2n) is 3.43. The highest BCUT2D eigenvalue weighted by Crippen LogP contribution is 2.03. The summed E-state index contributed by atoms with van der Waals surface area (Å²) >= 11 is 0. The highest BCUT2D eigenvalue weighted by Gasteiger charge is 1.91. The van der Waals surface area contributed by atoms with Crippen LogP contribution in [0.1, 0.15) is 59.3 Å². The number of aliphatic imine (C=N–C) groups is 1. The molecule has 0 aromatic carbocycles. The van der Waals surface area contributed by atoms with Gasteiger partial charge in [-0.05, 0) is 26.2 Å². The van der Waals surface area contributed by atoms with E-state index in [1.54, 1.807) is 0 Å². The van der Waals surface area contributed by atoms with Crippen molar-refractivity contribution in [1.29, 1.82) is 0 Å². The van der Waals surface area contributed by atoms with Gasteiger partial charge in [0.15, 0.2) is 0 Å². The Labute approximate surface area is 77.3 Å². The summed E-state index contributed by atoms with van der Waals surface area (Å²) in [6, 6.07) is 0. The lowest BCUT2D eigenvalue weighted by Gasteiger charge is -1.99. The maximum atomic E-state index is 4.46. The summed E-state index contributed by atoms with van der Waals surface area (Å²) in [6.07, 6.45) is 7.78. The first-order valence-electron chi connectivity index (χ1n) is 5.31. The standard InChI is InChI=1S/C11H23N/c1-4-6-7-8-9-11(3)12-10-5-2/h4-10H2,1-3H3. The Morgan fingerprint density at radius 2 is 1.75 bits per heavy atom. The highest BCUT2D eigenvalue weighted by molar-refractivity contribution is 5.81. The van der Waals surface area contributed by atoms with E-state index in [1.807, 2.05) is 0 Å². The fraction of sp³-hybridized carbons (Fsp3) is 0.909. The molecule has 1 nitrogen and oxygen atoms in total. The van der Waals surface area contributed by atoms with E-state index in [2.05, 4.69) is 25.8 Å². The minimum Gasteiger partial charge on any atom is -0.294 e. The van der Waals surface area contributed by atoms with Crippen molar-refractivity contribution in [3.05, 3.63) is 0 Å². The average molecular weight is 169 g/mol. The van der Waals surface area contributed by atoms with Crippen molar-refractivity contribution in [2.45, 2.75) is 59.3 Å². The molecule has 1 heteroatoms. The van der Waals surface area contributed by atoms with E-state index in [-0.39, 0.29) is 0 Å². The molecule has 0 N–H and O–H groups in total. The van der Waals surface area contributed by atoms with Crippen molar-refractivity contribution in [3.8, 4) is 0 Å². The van der Waals surface area contributed by atoms with Crippen LogP contribution in [0.4, 0.5) is 0 Å². The van der Waals surface area contributed by atoms with Gasteiger partial charge in [0.2, 0.25) is 0 Å². The molecule has 72 valence electrons. The lowest BCUT2D eigenvalue weighted by molar-refractivity contribution is 0.681. The molecule has 12 heavy (non-hydrogen) atoms. The number of hydrogen-bond donors (Lipinski definition) is 0. The molecule has 0 aliphatic rings. The second kappa shape index (κ2) is 8.76. The lowest BCUT2D eigenvalue weighted by atomic mass is 10.1. The molecule has 0 spiro atoms. The van der Waals surface area contributed by atoms with Gasteiger partial charge in [0, 0.05) is 12.3 Å². The molecule has 0 radical (unpaired) electrons. The van der Waals surface area contributed by atoms with E-state index in [1.165, 1.54) is 44.2 Å². The molecular weight excluding hydrogens is 146 g/mol. The number of nitrogens with zero attached hydrogens (tertiary/aromatic N) is 1. The Morgan fingerprint density at radius 3 is 2.33 bits per heavy atom. The predicted octanol–water partition coefficient (Wildman–Crippen LogP) is 3.83. The fourth-order valence-corrected chi connectivity index (χ4v) is 1.19. The SMILES string of the molecule is CCCCCCC(C)=NCCC. The summed E-state index contributed by atoms with van der Waals surface area (Å²) in [6.45, 7) is 7.59. The molecule has 0 fully saturated rings. The minimum absolute atomic E-state index is 1.01. The van der Waals surface area contributed by atoms with E-state index in [0.717, 1.165) is 6.54 Å².